The van der Waals surface area contributed by atoms with E-state index in [9.17, 15) is 9.90 Å². The maximum Gasteiger partial charge on any atom is 0.314 e. The van der Waals surface area contributed by atoms with Crippen LogP contribution in [0.25, 0.3) is 0 Å². The summed E-state index contributed by atoms with van der Waals surface area (Å²) >= 11 is 0. The molecule has 3 atom stereocenters. The van der Waals surface area contributed by atoms with E-state index in [1.54, 1.807) is 0 Å². The number of esters is 1. The molecule has 0 amide bonds. The molecule has 0 spiro atoms. The first-order chi connectivity index (χ1) is 7.83. The normalized spacial score (nSPS) is 37.6. The van der Waals surface area contributed by atoms with Gasteiger partial charge < -0.3 is 15.2 Å². The Hall–Kier alpha value is -0.610. The van der Waals surface area contributed by atoms with Crippen molar-refractivity contribution in [3.63, 3.8) is 0 Å². The molecule has 4 heteroatoms. The highest BCUT2D eigenvalue weighted by atomic mass is 16.6. The van der Waals surface area contributed by atoms with Crippen LogP contribution in [0.4, 0.5) is 0 Å². The van der Waals surface area contributed by atoms with E-state index in [-0.39, 0.29) is 12.1 Å². The van der Waals surface area contributed by atoms with Gasteiger partial charge >= 0.3 is 5.97 Å². The van der Waals surface area contributed by atoms with Gasteiger partial charge in [-0.2, -0.15) is 0 Å². The van der Waals surface area contributed by atoms with Crippen molar-refractivity contribution in [2.45, 2.75) is 51.7 Å². The Balaban J connectivity index is 2.17. The molecule has 1 aliphatic carbocycles. The van der Waals surface area contributed by atoms with Crippen molar-refractivity contribution in [1.29, 1.82) is 0 Å². The summed E-state index contributed by atoms with van der Waals surface area (Å²) in [4.78, 5) is 12.4. The summed E-state index contributed by atoms with van der Waals surface area (Å²) in [7, 11) is 0. The van der Waals surface area contributed by atoms with Gasteiger partial charge in [0.1, 0.15) is 5.60 Å². The fourth-order valence-corrected chi connectivity index (χ4v) is 3.04. The Morgan fingerprint density at radius 2 is 2.12 bits per heavy atom. The van der Waals surface area contributed by atoms with Crippen LogP contribution in [-0.4, -0.2) is 35.9 Å². The van der Waals surface area contributed by atoms with Crippen LogP contribution in [0.3, 0.4) is 0 Å². The second-order valence-electron chi connectivity index (χ2n) is 6.42. The minimum Gasteiger partial charge on any atom is -0.459 e. The van der Waals surface area contributed by atoms with Crippen LogP contribution in [0, 0.1) is 11.3 Å². The minimum absolute atomic E-state index is 0.140. The van der Waals surface area contributed by atoms with Crippen LogP contribution in [0.1, 0.15) is 40.0 Å². The van der Waals surface area contributed by atoms with Crippen molar-refractivity contribution in [3.05, 3.63) is 0 Å². The summed E-state index contributed by atoms with van der Waals surface area (Å²) in [5.41, 5.74) is -0.952. The van der Waals surface area contributed by atoms with Gasteiger partial charge in [-0.3, -0.25) is 4.79 Å². The number of rotatable bonds is 1. The average Bonchev–Trinajstić information content (AvgIpc) is 2.58. The van der Waals surface area contributed by atoms with Gasteiger partial charge in [-0.1, -0.05) is 0 Å². The molecule has 2 aliphatic rings. The number of carbonyl (C=O) groups excluding carboxylic acids is 1. The van der Waals surface area contributed by atoms with Crippen molar-refractivity contribution >= 4 is 5.97 Å². The van der Waals surface area contributed by atoms with Gasteiger partial charge in [0.05, 0.1) is 11.5 Å². The summed E-state index contributed by atoms with van der Waals surface area (Å²) in [5.74, 6) is 0.180. The molecule has 17 heavy (non-hydrogen) atoms. The number of hydrogen-bond donors (Lipinski definition) is 2. The molecule has 4 nitrogen and oxygen atoms in total. The maximum absolute atomic E-state index is 12.4. The summed E-state index contributed by atoms with van der Waals surface area (Å²) in [6.45, 7) is 7.17. The molecular weight excluding hydrogens is 218 g/mol. The Kier molecular flexibility index (Phi) is 3.21. The Labute approximate surface area is 103 Å². The zero-order valence-corrected chi connectivity index (χ0v) is 11.0. The number of nitrogens with one attached hydrogen (secondary N) is 1. The highest BCUT2D eigenvalue weighted by Crippen LogP contribution is 2.45. The predicted molar refractivity (Wildman–Crippen MR) is 64.5 cm³/mol. The van der Waals surface area contributed by atoms with E-state index in [4.69, 9.17) is 4.74 Å². The first kappa shape index (κ1) is 12.8. The fourth-order valence-electron chi connectivity index (χ4n) is 3.04. The standard InChI is InChI=1S/C13H23NO3/c1-12(2,3)17-11(16)13-6-10(15)5-4-9(13)7-14-8-13/h9-10,14-15H,4-8H2,1-3H3. The van der Waals surface area contributed by atoms with Crippen LogP contribution in [0.5, 0.6) is 0 Å². The predicted octanol–water partition coefficient (Wildman–Crippen LogP) is 1.08. The van der Waals surface area contributed by atoms with Gasteiger partial charge in [-0.05, 0) is 52.5 Å². The highest BCUT2D eigenvalue weighted by Gasteiger charge is 2.53. The van der Waals surface area contributed by atoms with Crippen molar-refractivity contribution in [3.8, 4) is 0 Å². The molecule has 1 heterocycles. The van der Waals surface area contributed by atoms with Crippen LogP contribution < -0.4 is 5.32 Å². The largest absolute Gasteiger partial charge is 0.459 e. The minimum atomic E-state index is -0.495. The molecule has 2 N–H and O–H groups in total. The third kappa shape index (κ3) is 2.47. The number of aliphatic hydroxyl groups is 1. The molecule has 1 aliphatic heterocycles. The van der Waals surface area contributed by atoms with Crippen molar-refractivity contribution in [2.24, 2.45) is 11.3 Å². The van der Waals surface area contributed by atoms with Gasteiger partial charge in [0.25, 0.3) is 0 Å². The van der Waals surface area contributed by atoms with Crippen molar-refractivity contribution in [2.75, 3.05) is 13.1 Å². The molecular formula is C13H23NO3. The number of carbonyl (C=O) groups is 1. The van der Waals surface area contributed by atoms with Crippen molar-refractivity contribution < 1.29 is 14.6 Å². The Bertz CT molecular complexity index is 310. The molecule has 2 rings (SSSR count). The monoisotopic (exact) mass is 241 g/mol. The Morgan fingerprint density at radius 3 is 2.76 bits per heavy atom. The molecule has 2 fully saturated rings. The first-order valence-corrected chi connectivity index (χ1v) is 6.46. The quantitative estimate of drug-likeness (QED) is 0.674. The van der Waals surface area contributed by atoms with Crippen LogP contribution in [0.2, 0.25) is 0 Å². The molecule has 0 bridgehead atoms. The smallest absolute Gasteiger partial charge is 0.314 e. The summed E-state index contributed by atoms with van der Waals surface area (Å²) < 4.78 is 5.54. The van der Waals surface area contributed by atoms with Crippen LogP contribution in [0.15, 0.2) is 0 Å². The van der Waals surface area contributed by atoms with Crippen molar-refractivity contribution in [1.82, 2.24) is 5.32 Å². The van der Waals surface area contributed by atoms with Gasteiger partial charge in [-0.25, -0.2) is 0 Å². The zero-order valence-electron chi connectivity index (χ0n) is 11.0. The second kappa shape index (κ2) is 4.25. The van der Waals surface area contributed by atoms with E-state index in [0.29, 0.717) is 18.9 Å². The molecule has 1 saturated heterocycles. The maximum atomic E-state index is 12.4. The van der Waals surface area contributed by atoms with E-state index in [2.05, 4.69) is 5.32 Å². The lowest BCUT2D eigenvalue weighted by Crippen LogP contribution is -2.48. The lowest BCUT2D eigenvalue weighted by molar-refractivity contribution is -0.173. The van der Waals surface area contributed by atoms with Crippen LogP contribution in [-0.2, 0) is 9.53 Å². The van der Waals surface area contributed by atoms with Gasteiger partial charge in [0.2, 0.25) is 0 Å². The summed E-state index contributed by atoms with van der Waals surface area (Å²) in [6, 6.07) is 0. The Morgan fingerprint density at radius 1 is 1.41 bits per heavy atom. The highest BCUT2D eigenvalue weighted by molar-refractivity contribution is 5.78. The van der Waals surface area contributed by atoms with Gasteiger partial charge in [-0.15, -0.1) is 0 Å². The second-order valence-corrected chi connectivity index (χ2v) is 6.42. The number of fused-ring (bicyclic) bond motifs is 1. The molecule has 0 radical (unpaired) electrons. The third-order valence-corrected chi connectivity index (χ3v) is 3.87. The van der Waals surface area contributed by atoms with E-state index in [1.807, 2.05) is 20.8 Å². The van der Waals surface area contributed by atoms with Crippen LogP contribution >= 0.6 is 0 Å². The average molecular weight is 241 g/mol. The molecule has 1 saturated carbocycles. The zero-order chi connectivity index (χ0) is 12.7. The number of ether oxygens (including phenoxy) is 1. The lowest BCUT2D eigenvalue weighted by Gasteiger charge is -2.40. The first-order valence-electron chi connectivity index (χ1n) is 6.46. The summed E-state index contributed by atoms with van der Waals surface area (Å²) in [6.07, 6.45) is 1.89. The van der Waals surface area contributed by atoms with E-state index in [0.717, 1.165) is 19.4 Å². The third-order valence-electron chi connectivity index (χ3n) is 3.87. The molecule has 0 aromatic heterocycles. The summed E-state index contributed by atoms with van der Waals surface area (Å²) in [5, 5.41) is 13.1. The topological polar surface area (TPSA) is 58.6 Å². The van der Waals surface area contributed by atoms with E-state index in [1.165, 1.54) is 0 Å². The number of aliphatic hydroxyl groups excluding tert-OH is 1. The SMILES string of the molecule is CC(C)(C)OC(=O)C12CNCC1CCC(O)C2. The van der Waals surface area contributed by atoms with E-state index >= 15 is 0 Å². The fraction of sp³-hybridized carbons (Fsp3) is 0.923. The molecule has 0 aromatic carbocycles. The molecule has 0 aromatic rings. The number of hydrogen-bond acceptors (Lipinski definition) is 4. The lowest BCUT2D eigenvalue weighted by atomic mass is 9.67. The molecule has 98 valence electrons. The molecule has 3 unspecified atom stereocenters. The van der Waals surface area contributed by atoms with E-state index < -0.39 is 11.0 Å². The van der Waals surface area contributed by atoms with Gasteiger partial charge in [0, 0.05) is 6.54 Å². The van der Waals surface area contributed by atoms with Gasteiger partial charge in [0.15, 0.2) is 0 Å².